The first-order valence-electron chi connectivity index (χ1n) is 8.47. The van der Waals surface area contributed by atoms with Crippen LogP contribution in [0.4, 0.5) is 5.82 Å². The van der Waals surface area contributed by atoms with Crippen LogP contribution >= 0.6 is 0 Å². The van der Waals surface area contributed by atoms with E-state index in [9.17, 15) is 0 Å². The molecular formula is C18H21N5O. The Hall–Kier alpha value is -2.47. The molecule has 0 amide bonds. The molecule has 24 heavy (non-hydrogen) atoms. The first-order chi connectivity index (χ1) is 11.9. The molecule has 1 saturated heterocycles. The molecule has 4 rings (SSSR count). The lowest BCUT2D eigenvalue weighted by molar-refractivity contribution is 0.115. The summed E-state index contributed by atoms with van der Waals surface area (Å²) in [6.45, 7) is 4.75. The molecule has 6 heteroatoms. The number of likely N-dealkylation sites (N-methyl/N-ethyl adjacent to an activating group) is 1. The normalized spacial score (nSPS) is 17.5. The van der Waals surface area contributed by atoms with Gasteiger partial charge in [0.1, 0.15) is 12.1 Å². The van der Waals surface area contributed by atoms with E-state index in [1.165, 1.54) is 0 Å². The number of para-hydroxylation sites is 1. The smallest absolute Gasteiger partial charge is 0.168 e. The lowest BCUT2D eigenvalue weighted by Crippen LogP contribution is -2.32. The Balaban J connectivity index is 1.72. The second-order valence-corrected chi connectivity index (χ2v) is 6.00. The predicted octanol–water partition coefficient (Wildman–Crippen LogP) is 2.82. The fraction of sp³-hybridized carbons (Fsp3) is 0.389. The van der Waals surface area contributed by atoms with Crippen molar-refractivity contribution in [1.29, 1.82) is 0 Å². The molecule has 1 fully saturated rings. The van der Waals surface area contributed by atoms with Crippen LogP contribution < -0.4 is 4.90 Å². The van der Waals surface area contributed by atoms with Gasteiger partial charge in [0.15, 0.2) is 5.65 Å². The minimum Gasteiger partial charge on any atom is -0.376 e. The zero-order valence-electron chi connectivity index (χ0n) is 13.8. The van der Waals surface area contributed by atoms with Crippen LogP contribution in [0.5, 0.6) is 0 Å². The number of hydrogen-bond donors (Lipinski definition) is 0. The van der Waals surface area contributed by atoms with Crippen molar-refractivity contribution in [3.63, 3.8) is 0 Å². The van der Waals surface area contributed by atoms with Crippen molar-refractivity contribution in [2.75, 3.05) is 24.6 Å². The van der Waals surface area contributed by atoms with Crippen LogP contribution in [0.3, 0.4) is 0 Å². The molecule has 6 nitrogen and oxygen atoms in total. The second kappa shape index (κ2) is 6.57. The van der Waals surface area contributed by atoms with Gasteiger partial charge >= 0.3 is 0 Å². The quantitative estimate of drug-likeness (QED) is 0.722. The number of fused-ring (bicyclic) bond motifs is 1. The third kappa shape index (κ3) is 2.73. The van der Waals surface area contributed by atoms with Gasteiger partial charge in [-0.05, 0) is 31.9 Å². The van der Waals surface area contributed by atoms with Crippen LogP contribution in [-0.2, 0) is 4.74 Å². The summed E-state index contributed by atoms with van der Waals surface area (Å²) in [6, 6.07) is 10.0. The van der Waals surface area contributed by atoms with E-state index in [1.807, 2.05) is 41.2 Å². The van der Waals surface area contributed by atoms with Crippen molar-refractivity contribution in [2.45, 2.75) is 25.9 Å². The summed E-state index contributed by atoms with van der Waals surface area (Å²) in [5.74, 6) is 0.931. The summed E-state index contributed by atoms with van der Waals surface area (Å²) in [4.78, 5) is 11.3. The van der Waals surface area contributed by atoms with Crippen molar-refractivity contribution in [3.8, 4) is 5.69 Å². The van der Waals surface area contributed by atoms with Gasteiger partial charge in [0.2, 0.25) is 0 Å². The second-order valence-electron chi connectivity index (χ2n) is 6.00. The molecule has 0 radical (unpaired) electrons. The SMILES string of the molecule is CCN(CC1CCCO1)c1ncnc2c1cnn2-c1ccccc1. The Kier molecular flexibility index (Phi) is 4.13. The topological polar surface area (TPSA) is 56.1 Å². The molecule has 3 aromatic rings. The van der Waals surface area contributed by atoms with Crippen molar-refractivity contribution < 1.29 is 4.74 Å². The summed E-state index contributed by atoms with van der Waals surface area (Å²) in [5.41, 5.74) is 1.83. The number of rotatable bonds is 5. The molecule has 0 saturated carbocycles. The van der Waals surface area contributed by atoms with Gasteiger partial charge in [-0.15, -0.1) is 0 Å². The maximum absolute atomic E-state index is 5.79. The lowest BCUT2D eigenvalue weighted by Gasteiger charge is -2.25. The number of aromatic nitrogens is 4. The Morgan fingerprint density at radius 1 is 1.25 bits per heavy atom. The molecule has 1 unspecified atom stereocenters. The molecule has 0 aliphatic carbocycles. The average molecular weight is 323 g/mol. The molecule has 3 heterocycles. The standard InChI is InChI=1S/C18H21N5O/c1-2-22(12-15-9-6-10-24-15)17-16-11-21-23(18(16)20-13-19-17)14-7-4-3-5-8-14/h3-5,7-8,11,13,15H,2,6,9-10,12H2,1H3. The van der Waals surface area contributed by atoms with Crippen LogP contribution in [0, 0.1) is 0 Å². The van der Waals surface area contributed by atoms with E-state index in [-0.39, 0.29) is 0 Å². The summed E-state index contributed by atoms with van der Waals surface area (Å²) < 4.78 is 7.65. The molecule has 0 spiro atoms. The van der Waals surface area contributed by atoms with Gasteiger partial charge in [-0.2, -0.15) is 5.10 Å². The molecule has 0 N–H and O–H groups in total. The highest BCUT2D eigenvalue weighted by molar-refractivity contribution is 5.87. The molecule has 0 bridgehead atoms. The molecule has 1 aliphatic rings. The lowest BCUT2D eigenvalue weighted by atomic mass is 10.2. The van der Waals surface area contributed by atoms with Crippen LogP contribution in [0.25, 0.3) is 16.7 Å². The van der Waals surface area contributed by atoms with Crippen LogP contribution in [0.2, 0.25) is 0 Å². The zero-order valence-corrected chi connectivity index (χ0v) is 13.8. The molecule has 1 atom stereocenters. The maximum atomic E-state index is 5.79. The number of hydrogen-bond acceptors (Lipinski definition) is 5. The largest absolute Gasteiger partial charge is 0.376 e. The van der Waals surface area contributed by atoms with Crippen LogP contribution in [0.1, 0.15) is 19.8 Å². The van der Waals surface area contributed by atoms with E-state index >= 15 is 0 Å². The molecule has 1 aromatic carbocycles. The van der Waals surface area contributed by atoms with Gasteiger partial charge in [0, 0.05) is 19.7 Å². The van der Waals surface area contributed by atoms with Gasteiger partial charge in [0.05, 0.1) is 23.4 Å². The maximum Gasteiger partial charge on any atom is 0.168 e. The van der Waals surface area contributed by atoms with Gasteiger partial charge in [-0.1, -0.05) is 18.2 Å². The Morgan fingerprint density at radius 3 is 2.88 bits per heavy atom. The van der Waals surface area contributed by atoms with Gasteiger partial charge < -0.3 is 9.64 Å². The number of ether oxygens (including phenoxy) is 1. The van der Waals surface area contributed by atoms with Gasteiger partial charge in [0.25, 0.3) is 0 Å². The highest BCUT2D eigenvalue weighted by Crippen LogP contribution is 2.26. The summed E-state index contributed by atoms with van der Waals surface area (Å²) in [6.07, 6.45) is 6.04. The van der Waals surface area contributed by atoms with Crippen molar-refractivity contribution in [2.24, 2.45) is 0 Å². The average Bonchev–Trinajstić information content (AvgIpc) is 3.30. The van der Waals surface area contributed by atoms with Gasteiger partial charge in [-0.3, -0.25) is 0 Å². The first-order valence-corrected chi connectivity index (χ1v) is 8.47. The number of anilines is 1. The number of nitrogens with zero attached hydrogens (tertiary/aromatic N) is 5. The van der Waals surface area contributed by atoms with E-state index in [2.05, 4.69) is 26.9 Å². The van der Waals surface area contributed by atoms with E-state index in [4.69, 9.17) is 4.74 Å². The third-order valence-electron chi connectivity index (χ3n) is 4.47. The highest BCUT2D eigenvalue weighted by atomic mass is 16.5. The molecule has 2 aromatic heterocycles. The van der Waals surface area contributed by atoms with E-state index in [0.717, 1.165) is 55.1 Å². The Morgan fingerprint density at radius 2 is 2.12 bits per heavy atom. The van der Waals surface area contributed by atoms with Crippen LogP contribution in [0.15, 0.2) is 42.9 Å². The van der Waals surface area contributed by atoms with Gasteiger partial charge in [-0.25, -0.2) is 14.6 Å². The summed E-state index contributed by atoms with van der Waals surface area (Å²) in [7, 11) is 0. The molecule has 1 aliphatic heterocycles. The third-order valence-corrected chi connectivity index (χ3v) is 4.47. The highest BCUT2D eigenvalue weighted by Gasteiger charge is 2.21. The zero-order chi connectivity index (χ0) is 16.4. The first kappa shape index (κ1) is 15.1. The Bertz CT molecular complexity index is 811. The monoisotopic (exact) mass is 323 g/mol. The molecular weight excluding hydrogens is 302 g/mol. The van der Waals surface area contributed by atoms with Crippen LogP contribution in [-0.4, -0.2) is 45.5 Å². The minimum absolute atomic E-state index is 0.291. The van der Waals surface area contributed by atoms with E-state index in [1.54, 1.807) is 6.33 Å². The predicted molar refractivity (Wildman–Crippen MR) is 93.5 cm³/mol. The Labute approximate surface area is 141 Å². The van der Waals surface area contributed by atoms with E-state index < -0.39 is 0 Å². The van der Waals surface area contributed by atoms with Crippen molar-refractivity contribution in [3.05, 3.63) is 42.9 Å². The van der Waals surface area contributed by atoms with E-state index in [0.29, 0.717) is 6.10 Å². The molecule has 124 valence electrons. The van der Waals surface area contributed by atoms with Crippen molar-refractivity contribution >= 4 is 16.9 Å². The van der Waals surface area contributed by atoms with Crippen molar-refractivity contribution in [1.82, 2.24) is 19.7 Å². The summed E-state index contributed by atoms with van der Waals surface area (Å²) >= 11 is 0. The fourth-order valence-corrected chi connectivity index (χ4v) is 3.24. The fourth-order valence-electron chi connectivity index (χ4n) is 3.24. The number of benzene rings is 1. The summed E-state index contributed by atoms with van der Waals surface area (Å²) in [5, 5.41) is 5.50. The minimum atomic E-state index is 0.291.